The highest BCUT2D eigenvalue weighted by molar-refractivity contribution is 7.11. The Bertz CT molecular complexity index is 303. The lowest BCUT2D eigenvalue weighted by Crippen LogP contribution is -2.17. The number of rotatable bonds is 3. The van der Waals surface area contributed by atoms with Crippen molar-refractivity contribution in [3.8, 4) is 12.3 Å². The van der Waals surface area contributed by atoms with Crippen molar-refractivity contribution < 1.29 is 0 Å². The van der Waals surface area contributed by atoms with Crippen molar-refractivity contribution in [3.05, 3.63) is 15.6 Å². The van der Waals surface area contributed by atoms with E-state index in [1.54, 1.807) is 11.3 Å². The zero-order valence-electron chi connectivity index (χ0n) is 8.29. The number of aryl methyl sites for hydroxylation is 2. The molecule has 0 aliphatic rings. The van der Waals surface area contributed by atoms with Gasteiger partial charge in [0.2, 0.25) is 0 Å². The molecule has 1 aromatic heterocycles. The zero-order valence-corrected chi connectivity index (χ0v) is 9.11. The summed E-state index contributed by atoms with van der Waals surface area (Å²) < 4.78 is 0. The van der Waals surface area contributed by atoms with Crippen LogP contribution in [-0.2, 0) is 6.54 Å². The average Bonchev–Trinajstić information content (AvgIpc) is 2.31. The first-order chi connectivity index (χ1) is 6.13. The van der Waals surface area contributed by atoms with Gasteiger partial charge in [-0.3, -0.25) is 4.90 Å². The van der Waals surface area contributed by atoms with E-state index in [0.29, 0.717) is 6.54 Å². The molecule has 0 aliphatic carbocycles. The van der Waals surface area contributed by atoms with Crippen molar-refractivity contribution >= 4 is 11.3 Å². The molecule has 0 spiro atoms. The molecule has 3 heteroatoms. The molecule has 0 radical (unpaired) electrons. The molecule has 0 saturated heterocycles. The number of thiazole rings is 1. The maximum absolute atomic E-state index is 5.21. The van der Waals surface area contributed by atoms with Crippen molar-refractivity contribution in [2.45, 2.75) is 20.4 Å². The van der Waals surface area contributed by atoms with Gasteiger partial charge < -0.3 is 0 Å². The summed E-state index contributed by atoms with van der Waals surface area (Å²) in [5.74, 6) is 2.61. The predicted molar refractivity (Wildman–Crippen MR) is 56.8 cm³/mol. The first-order valence-corrected chi connectivity index (χ1v) is 5.00. The van der Waals surface area contributed by atoms with Gasteiger partial charge >= 0.3 is 0 Å². The summed E-state index contributed by atoms with van der Waals surface area (Å²) in [5.41, 5.74) is 1.13. The van der Waals surface area contributed by atoms with Crippen LogP contribution in [0.25, 0.3) is 0 Å². The van der Waals surface area contributed by atoms with Crippen LogP contribution in [0.1, 0.15) is 15.6 Å². The number of terminal acetylenes is 1. The lowest BCUT2D eigenvalue weighted by molar-refractivity contribution is 0.368. The van der Waals surface area contributed by atoms with Gasteiger partial charge in [0, 0.05) is 4.88 Å². The second-order valence-electron chi connectivity index (χ2n) is 3.13. The number of hydrogen-bond acceptors (Lipinski definition) is 3. The van der Waals surface area contributed by atoms with Gasteiger partial charge in [-0.25, -0.2) is 4.98 Å². The van der Waals surface area contributed by atoms with E-state index in [4.69, 9.17) is 6.42 Å². The minimum absolute atomic E-state index is 0.678. The fourth-order valence-corrected chi connectivity index (χ4v) is 2.06. The van der Waals surface area contributed by atoms with Crippen LogP contribution in [0.3, 0.4) is 0 Å². The number of hydrogen-bond donors (Lipinski definition) is 0. The third-order valence-electron chi connectivity index (χ3n) is 1.84. The third kappa shape index (κ3) is 2.83. The highest BCUT2D eigenvalue weighted by atomic mass is 32.1. The van der Waals surface area contributed by atoms with E-state index < -0.39 is 0 Å². The fourth-order valence-electron chi connectivity index (χ4n) is 1.05. The molecule has 1 aromatic rings. The van der Waals surface area contributed by atoms with Gasteiger partial charge in [0.1, 0.15) is 5.01 Å². The Labute approximate surface area is 83.6 Å². The molecular formula is C10H14N2S. The molecule has 0 aromatic carbocycles. The first-order valence-electron chi connectivity index (χ1n) is 4.18. The van der Waals surface area contributed by atoms with Crippen LogP contribution in [-0.4, -0.2) is 23.5 Å². The molecule has 0 N–H and O–H groups in total. The van der Waals surface area contributed by atoms with Crippen LogP contribution >= 0.6 is 11.3 Å². The molecule has 1 rings (SSSR count). The highest BCUT2D eigenvalue weighted by Crippen LogP contribution is 2.17. The molecule has 13 heavy (non-hydrogen) atoms. The Morgan fingerprint density at radius 3 is 2.69 bits per heavy atom. The average molecular weight is 194 g/mol. The van der Waals surface area contributed by atoms with Crippen molar-refractivity contribution in [2.75, 3.05) is 13.6 Å². The van der Waals surface area contributed by atoms with Gasteiger partial charge in [-0.15, -0.1) is 17.8 Å². The van der Waals surface area contributed by atoms with E-state index >= 15 is 0 Å². The fraction of sp³-hybridized carbons (Fsp3) is 0.500. The molecule has 0 amide bonds. The highest BCUT2D eigenvalue weighted by Gasteiger charge is 2.05. The Balaban J connectivity index is 2.60. The molecule has 0 bridgehead atoms. The summed E-state index contributed by atoms with van der Waals surface area (Å²) in [6.45, 7) is 5.66. The van der Waals surface area contributed by atoms with Gasteiger partial charge in [-0.1, -0.05) is 5.92 Å². The molecule has 0 aliphatic heterocycles. The van der Waals surface area contributed by atoms with E-state index in [1.807, 2.05) is 14.0 Å². The Morgan fingerprint density at radius 1 is 1.54 bits per heavy atom. The third-order valence-corrected chi connectivity index (χ3v) is 2.90. The van der Waals surface area contributed by atoms with Gasteiger partial charge in [0.15, 0.2) is 0 Å². The lowest BCUT2D eigenvalue weighted by atomic mass is 10.4. The Kier molecular flexibility index (Phi) is 3.47. The molecule has 2 nitrogen and oxygen atoms in total. The quantitative estimate of drug-likeness (QED) is 0.682. The molecule has 1 heterocycles. The van der Waals surface area contributed by atoms with Crippen molar-refractivity contribution in [2.24, 2.45) is 0 Å². The van der Waals surface area contributed by atoms with E-state index in [-0.39, 0.29) is 0 Å². The first kappa shape index (κ1) is 10.2. The second-order valence-corrected chi connectivity index (χ2v) is 4.41. The SMILES string of the molecule is C#CCN(C)Cc1nc(C)c(C)s1. The van der Waals surface area contributed by atoms with Crippen molar-refractivity contribution in [1.82, 2.24) is 9.88 Å². The van der Waals surface area contributed by atoms with Gasteiger partial charge in [-0.05, 0) is 20.9 Å². The van der Waals surface area contributed by atoms with Gasteiger partial charge in [0.05, 0.1) is 18.8 Å². The summed E-state index contributed by atoms with van der Waals surface area (Å²) in [6, 6.07) is 0. The molecule has 70 valence electrons. The summed E-state index contributed by atoms with van der Waals surface area (Å²) in [6.07, 6.45) is 5.21. The summed E-state index contributed by atoms with van der Waals surface area (Å²) >= 11 is 1.75. The second kappa shape index (κ2) is 4.40. The number of nitrogens with zero attached hydrogens (tertiary/aromatic N) is 2. The lowest BCUT2D eigenvalue weighted by Gasteiger charge is -2.09. The van der Waals surface area contributed by atoms with Crippen LogP contribution in [0.2, 0.25) is 0 Å². The zero-order chi connectivity index (χ0) is 9.84. The van der Waals surface area contributed by atoms with E-state index in [1.165, 1.54) is 4.88 Å². The Morgan fingerprint density at radius 2 is 2.23 bits per heavy atom. The maximum atomic E-state index is 5.21. The summed E-state index contributed by atoms with van der Waals surface area (Å²) in [7, 11) is 2.01. The molecule has 0 atom stereocenters. The van der Waals surface area contributed by atoms with Crippen LogP contribution in [0.4, 0.5) is 0 Å². The van der Waals surface area contributed by atoms with E-state index in [2.05, 4.69) is 22.7 Å². The number of aromatic nitrogens is 1. The summed E-state index contributed by atoms with van der Waals surface area (Å²) in [4.78, 5) is 7.82. The topological polar surface area (TPSA) is 16.1 Å². The van der Waals surface area contributed by atoms with Crippen LogP contribution in [0.15, 0.2) is 0 Å². The largest absolute Gasteiger partial charge is 0.289 e. The van der Waals surface area contributed by atoms with Gasteiger partial charge in [-0.2, -0.15) is 0 Å². The summed E-state index contributed by atoms with van der Waals surface area (Å²) in [5, 5.41) is 1.15. The van der Waals surface area contributed by atoms with Crippen LogP contribution < -0.4 is 0 Å². The monoisotopic (exact) mass is 194 g/mol. The van der Waals surface area contributed by atoms with E-state index in [9.17, 15) is 0 Å². The van der Waals surface area contributed by atoms with E-state index in [0.717, 1.165) is 17.2 Å². The standard InChI is InChI=1S/C10H14N2S/c1-5-6-12(4)7-10-11-8(2)9(3)13-10/h1H,6-7H2,2-4H3. The van der Waals surface area contributed by atoms with Crippen molar-refractivity contribution in [3.63, 3.8) is 0 Å². The smallest absolute Gasteiger partial charge is 0.107 e. The van der Waals surface area contributed by atoms with Gasteiger partial charge in [0.25, 0.3) is 0 Å². The van der Waals surface area contributed by atoms with Crippen LogP contribution in [0.5, 0.6) is 0 Å². The Hall–Kier alpha value is -0.850. The molecule has 0 saturated carbocycles. The molecular weight excluding hydrogens is 180 g/mol. The minimum atomic E-state index is 0.678. The maximum Gasteiger partial charge on any atom is 0.107 e. The normalized spacial score (nSPS) is 10.4. The minimum Gasteiger partial charge on any atom is -0.289 e. The van der Waals surface area contributed by atoms with Crippen molar-refractivity contribution in [1.29, 1.82) is 0 Å². The molecule has 0 fully saturated rings. The molecule has 0 unspecified atom stereocenters. The van der Waals surface area contributed by atoms with Crippen LogP contribution in [0, 0.1) is 26.2 Å². The predicted octanol–water partition coefficient (Wildman–Crippen LogP) is 1.82.